The van der Waals surface area contributed by atoms with Gasteiger partial charge in [0.2, 0.25) is 5.91 Å². The van der Waals surface area contributed by atoms with Crippen molar-refractivity contribution in [1.29, 1.82) is 0 Å². The fourth-order valence-electron chi connectivity index (χ4n) is 4.62. The van der Waals surface area contributed by atoms with Crippen molar-refractivity contribution in [1.82, 2.24) is 0 Å². The van der Waals surface area contributed by atoms with E-state index in [1.165, 1.54) is 11.1 Å². The Morgan fingerprint density at radius 3 is 2.21 bits per heavy atom. The molecule has 144 valence electrons. The molecular weight excluding hydrogens is 362 g/mol. The highest BCUT2D eigenvalue weighted by molar-refractivity contribution is 6.11. The van der Waals surface area contributed by atoms with Crippen LogP contribution in [0, 0.1) is 0 Å². The third-order valence-corrected chi connectivity index (χ3v) is 6.00. The van der Waals surface area contributed by atoms with Crippen LogP contribution < -0.4 is 4.90 Å². The van der Waals surface area contributed by atoms with Crippen LogP contribution in [-0.4, -0.2) is 18.4 Å². The number of ether oxygens (including phenoxy) is 1. The highest BCUT2D eigenvalue weighted by Gasteiger charge is 2.53. The van der Waals surface area contributed by atoms with Gasteiger partial charge < -0.3 is 9.64 Å². The summed E-state index contributed by atoms with van der Waals surface area (Å²) in [6, 6.07) is 25.6. The molecule has 4 nitrogen and oxygen atoms in total. The van der Waals surface area contributed by atoms with Crippen molar-refractivity contribution in [3.05, 3.63) is 101 Å². The van der Waals surface area contributed by atoms with E-state index in [0.29, 0.717) is 12.8 Å². The normalized spacial score (nSPS) is 16.0. The molecule has 1 aliphatic heterocycles. The van der Waals surface area contributed by atoms with Crippen LogP contribution in [0.1, 0.15) is 22.3 Å². The molecule has 5 rings (SSSR count). The van der Waals surface area contributed by atoms with E-state index in [1.54, 1.807) is 4.90 Å². The lowest BCUT2D eigenvalue weighted by atomic mass is 9.79. The zero-order valence-electron chi connectivity index (χ0n) is 16.0. The quantitative estimate of drug-likeness (QED) is 0.644. The molecule has 0 bridgehead atoms. The summed E-state index contributed by atoms with van der Waals surface area (Å²) in [6.45, 7) is 0.140. The number of carbonyl (C=O) groups is 2. The van der Waals surface area contributed by atoms with E-state index >= 15 is 0 Å². The van der Waals surface area contributed by atoms with Gasteiger partial charge in [0.05, 0.1) is 5.41 Å². The summed E-state index contributed by atoms with van der Waals surface area (Å²) in [4.78, 5) is 27.7. The molecule has 1 spiro atoms. The van der Waals surface area contributed by atoms with Gasteiger partial charge in [-0.1, -0.05) is 72.8 Å². The lowest BCUT2D eigenvalue weighted by Gasteiger charge is -2.23. The first-order valence-electron chi connectivity index (χ1n) is 9.85. The molecule has 0 fully saturated rings. The molecule has 0 aromatic heterocycles. The van der Waals surface area contributed by atoms with Gasteiger partial charge in [0.1, 0.15) is 13.2 Å². The minimum absolute atomic E-state index is 0.00781. The minimum Gasteiger partial charge on any atom is -0.459 e. The Morgan fingerprint density at radius 2 is 1.48 bits per heavy atom. The number of hydrogen-bond donors (Lipinski definition) is 0. The number of rotatable bonds is 4. The van der Waals surface area contributed by atoms with Crippen molar-refractivity contribution in [2.75, 3.05) is 11.4 Å². The Bertz CT molecular complexity index is 1060. The zero-order valence-corrected chi connectivity index (χ0v) is 16.0. The Hall–Kier alpha value is -3.40. The van der Waals surface area contributed by atoms with E-state index in [0.717, 1.165) is 16.8 Å². The van der Waals surface area contributed by atoms with E-state index in [-0.39, 0.29) is 19.1 Å². The highest BCUT2D eigenvalue weighted by Crippen LogP contribution is 2.49. The Morgan fingerprint density at radius 1 is 0.862 bits per heavy atom. The Labute approximate surface area is 169 Å². The maximum Gasteiger partial charge on any atom is 0.326 e. The van der Waals surface area contributed by atoms with Gasteiger partial charge in [-0.2, -0.15) is 0 Å². The number of para-hydroxylation sites is 1. The molecule has 1 heterocycles. The van der Waals surface area contributed by atoms with Gasteiger partial charge >= 0.3 is 5.97 Å². The number of amides is 1. The third-order valence-electron chi connectivity index (χ3n) is 6.00. The maximum absolute atomic E-state index is 13.6. The SMILES string of the molecule is O=C(CN1C(=O)C2(Cc3ccccc3C2)c2ccccc21)OCc1ccccc1. The average Bonchev–Trinajstić information content (AvgIpc) is 3.26. The monoisotopic (exact) mass is 383 g/mol. The lowest BCUT2D eigenvalue weighted by molar-refractivity contribution is -0.144. The molecule has 3 aromatic carbocycles. The molecule has 1 amide bonds. The summed E-state index contributed by atoms with van der Waals surface area (Å²) < 4.78 is 5.43. The summed E-state index contributed by atoms with van der Waals surface area (Å²) in [7, 11) is 0. The molecule has 0 unspecified atom stereocenters. The maximum atomic E-state index is 13.6. The molecule has 2 aliphatic rings. The van der Waals surface area contributed by atoms with Crippen molar-refractivity contribution >= 4 is 17.6 Å². The standard InChI is InChI=1S/C25H21NO3/c27-23(29-17-18-8-2-1-3-9-18)16-26-22-13-7-6-12-21(22)25(24(26)28)14-19-10-4-5-11-20(19)15-25/h1-13H,14-17H2. The second-order valence-electron chi connectivity index (χ2n) is 7.76. The topological polar surface area (TPSA) is 46.6 Å². The van der Waals surface area contributed by atoms with Crippen molar-refractivity contribution < 1.29 is 14.3 Å². The summed E-state index contributed by atoms with van der Waals surface area (Å²) in [5, 5.41) is 0. The van der Waals surface area contributed by atoms with Crippen LogP contribution in [-0.2, 0) is 39.2 Å². The van der Waals surface area contributed by atoms with Crippen LogP contribution in [0.3, 0.4) is 0 Å². The second kappa shape index (κ2) is 6.89. The molecule has 3 aromatic rings. The number of esters is 1. The van der Waals surface area contributed by atoms with Crippen LogP contribution >= 0.6 is 0 Å². The lowest BCUT2D eigenvalue weighted by Crippen LogP contribution is -2.43. The van der Waals surface area contributed by atoms with E-state index < -0.39 is 11.4 Å². The largest absolute Gasteiger partial charge is 0.459 e. The first kappa shape index (κ1) is 17.7. The smallest absolute Gasteiger partial charge is 0.326 e. The summed E-state index contributed by atoms with van der Waals surface area (Å²) >= 11 is 0. The predicted octanol–water partition coefficient (Wildman–Crippen LogP) is 3.81. The zero-order chi connectivity index (χ0) is 19.8. The number of nitrogens with zero attached hydrogens (tertiary/aromatic N) is 1. The molecular formula is C25H21NO3. The molecule has 0 saturated heterocycles. The van der Waals surface area contributed by atoms with Crippen molar-refractivity contribution in [2.24, 2.45) is 0 Å². The van der Waals surface area contributed by atoms with Crippen molar-refractivity contribution in [3.8, 4) is 0 Å². The Kier molecular flexibility index (Phi) is 4.20. The van der Waals surface area contributed by atoms with Gasteiger partial charge in [0.15, 0.2) is 0 Å². The second-order valence-corrected chi connectivity index (χ2v) is 7.76. The van der Waals surface area contributed by atoms with Gasteiger partial charge in [0, 0.05) is 5.69 Å². The fraction of sp³-hybridized carbons (Fsp3) is 0.200. The molecule has 29 heavy (non-hydrogen) atoms. The van der Waals surface area contributed by atoms with E-state index in [2.05, 4.69) is 12.1 Å². The summed E-state index contributed by atoms with van der Waals surface area (Å²) in [5.41, 5.74) is 4.57. The number of hydrogen-bond acceptors (Lipinski definition) is 3. The summed E-state index contributed by atoms with van der Waals surface area (Å²) in [5.74, 6) is -0.406. The molecule has 0 radical (unpaired) electrons. The van der Waals surface area contributed by atoms with Crippen molar-refractivity contribution in [3.63, 3.8) is 0 Å². The average molecular weight is 383 g/mol. The van der Waals surface area contributed by atoms with Gasteiger partial charge in [-0.25, -0.2) is 0 Å². The summed E-state index contributed by atoms with van der Waals surface area (Å²) in [6.07, 6.45) is 1.35. The molecule has 4 heteroatoms. The highest BCUT2D eigenvalue weighted by atomic mass is 16.5. The van der Waals surface area contributed by atoms with Crippen LogP contribution in [0.5, 0.6) is 0 Å². The molecule has 1 aliphatic carbocycles. The first-order valence-corrected chi connectivity index (χ1v) is 9.85. The van der Waals surface area contributed by atoms with Crippen molar-refractivity contribution in [2.45, 2.75) is 24.9 Å². The molecule has 0 N–H and O–H groups in total. The fourth-order valence-corrected chi connectivity index (χ4v) is 4.62. The van der Waals surface area contributed by atoms with E-state index in [4.69, 9.17) is 4.74 Å². The number of anilines is 1. The Balaban J connectivity index is 1.39. The van der Waals surface area contributed by atoms with Crippen LogP contribution in [0.15, 0.2) is 78.9 Å². The number of carbonyl (C=O) groups excluding carboxylic acids is 2. The minimum atomic E-state index is -0.611. The van der Waals surface area contributed by atoms with E-state index in [1.807, 2.05) is 66.7 Å². The van der Waals surface area contributed by atoms with E-state index in [9.17, 15) is 9.59 Å². The van der Waals surface area contributed by atoms with Crippen LogP contribution in [0.2, 0.25) is 0 Å². The third kappa shape index (κ3) is 2.92. The molecule has 0 atom stereocenters. The van der Waals surface area contributed by atoms with Crippen LogP contribution in [0.4, 0.5) is 5.69 Å². The van der Waals surface area contributed by atoms with Gasteiger partial charge in [-0.15, -0.1) is 0 Å². The van der Waals surface area contributed by atoms with Gasteiger partial charge in [0.25, 0.3) is 0 Å². The van der Waals surface area contributed by atoms with Gasteiger partial charge in [-0.3, -0.25) is 9.59 Å². The molecule has 0 saturated carbocycles. The predicted molar refractivity (Wildman–Crippen MR) is 111 cm³/mol. The number of fused-ring (bicyclic) bond motifs is 3. The van der Waals surface area contributed by atoms with Crippen LogP contribution in [0.25, 0.3) is 0 Å². The number of benzene rings is 3. The first-order chi connectivity index (χ1) is 14.2. The van der Waals surface area contributed by atoms with Gasteiger partial charge in [-0.05, 0) is 41.2 Å².